The molecule has 13 heteroatoms. The Morgan fingerprint density at radius 3 is 1.91 bits per heavy atom. The van der Waals surface area contributed by atoms with E-state index in [0.717, 1.165) is 15.8 Å². The average molecular weight is 627 g/mol. The Kier molecular flexibility index (Phi) is 10.8. The van der Waals surface area contributed by atoms with E-state index in [1.54, 1.807) is 103 Å². The zero-order chi connectivity index (χ0) is 33.7. The van der Waals surface area contributed by atoms with E-state index in [1.165, 1.54) is 4.90 Å². The fourth-order valence-electron chi connectivity index (χ4n) is 4.14. The highest BCUT2D eigenvalue weighted by Crippen LogP contribution is 2.25. The summed E-state index contributed by atoms with van der Waals surface area (Å²) in [6.45, 7) is 14.5. The zero-order valence-corrected chi connectivity index (χ0v) is 27.5. The fourth-order valence-corrected chi connectivity index (χ4v) is 4.14. The number of imide groups is 1. The van der Waals surface area contributed by atoms with Gasteiger partial charge < -0.3 is 24.4 Å². The summed E-state index contributed by atoms with van der Waals surface area (Å²) in [6.07, 6.45) is -1.72. The van der Waals surface area contributed by atoms with E-state index in [2.05, 4.69) is 10.2 Å². The maximum atomic E-state index is 13.3. The van der Waals surface area contributed by atoms with Crippen molar-refractivity contribution in [1.29, 1.82) is 0 Å². The van der Waals surface area contributed by atoms with Crippen LogP contribution in [0.3, 0.4) is 0 Å². The quantitative estimate of drug-likeness (QED) is 0.333. The van der Waals surface area contributed by atoms with Crippen LogP contribution in [0.1, 0.15) is 80.4 Å². The summed E-state index contributed by atoms with van der Waals surface area (Å²) in [4.78, 5) is 41.3. The van der Waals surface area contributed by atoms with Crippen LogP contribution in [0.25, 0.3) is 16.7 Å². The van der Waals surface area contributed by atoms with Crippen molar-refractivity contribution in [2.24, 2.45) is 0 Å². The van der Waals surface area contributed by atoms with Gasteiger partial charge in [-0.15, -0.1) is 10.2 Å². The van der Waals surface area contributed by atoms with E-state index in [9.17, 15) is 19.5 Å². The second-order valence-corrected chi connectivity index (χ2v) is 13.5. The van der Waals surface area contributed by atoms with Crippen LogP contribution < -0.4 is 10.0 Å². The molecule has 0 saturated carbocycles. The molecule has 2 aromatic heterocycles. The van der Waals surface area contributed by atoms with E-state index in [4.69, 9.17) is 19.3 Å². The Hall–Kier alpha value is -4.23. The number of anilines is 1. The number of hydrogen-bond donors (Lipinski definition) is 1. The number of ether oxygens (including phenoxy) is 3. The predicted molar refractivity (Wildman–Crippen MR) is 166 cm³/mol. The third-order valence-electron chi connectivity index (χ3n) is 6.03. The molecule has 0 saturated heterocycles. The molecule has 1 N–H and O–H groups in total. The number of aliphatic hydroxyl groups is 1. The lowest BCUT2D eigenvalue weighted by molar-refractivity contribution is -0.428. The molecule has 0 aliphatic heterocycles. The van der Waals surface area contributed by atoms with Gasteiger partial charge in [0.2, 0.25) is 0 Å². The first-order valence-electron chi connectivity index (χ1n) is 14.7. The first kappa shape index (κ1) is 35.3. The lowest BCUT2D eigenvalue weighted by Crippen LogP contribution is -2.48. The number of aromatic nitrogens is 3. The fraction of sp³-hybridized carbons (Fsp3) is 0.531. The van der Waals surface area contributed by atoms with Crippen LogP contribution in [0.15, 0.2) is 42.6 Å². The first-order chi connectivity index (χ1) is 20.8. The molecule has 0 radical (unpaired) electrons. The maximum absolute atomic E-state index is 13.3. The SMILES string of the molecule is CC(C)(C)OC(=O)N(CCN(C(=O)OC(C)(C)C)c1ccc(-n2ccc3cc(C([O-])CCO)ccc32)nn1)C(=O)OC(C)(C)C. The van der Waals surface area contributed by atoms with Crippen LogP contribution in [0.5, 0.6) is 0 Å². The van der Waals surface area contributed by atoms with E-state index in [-0.39, 0.29) is 31.9 Å². The zero-order valence-electron chi connectivity index (χ0n) is 27.5. The van der Waals surface area contributed by atoms with Gasteiger partial charge in [0.05, 0.1) is 12.1 Å². The van der Waals surface area contributed by atoms with Gasteiger partial charge in [0.1, 0.15) is 16.8 Å². The molecule has 0 aliphatic carbocycles. The lowest BCUT2D eigenvalue weighted by Gasteiger charge is -2.31. The molecule has 3 aromatic rings. The molecule has 1 atom stereocenters. The monoisotopic (exact) mass is 626 g/mol. The minimum Gasteiger partial charge on any atom is -0.848 e. The maximum Gasteiger partial charge on any atom is 0.419 e. The van der Waals surface area contributed by atoms with Crippen molar-refractivity contribution in [3.05, 3.63) is 48.2 Å². The average Bonchev–Trinajstić information content (AvgIpc) is 3.31. The third kappa shape index (κ3) is 10.1. The van der Waals surface area contributed by atoms with Crippen LogP contribution in [0, 0.1) is 0 Å². The molecule has 1 aromatic carbocycles. The summed E-state index contributed by atoms with van der Waals surface area (Å²) in [7, 11) is 0. The number of carbonyl (C=O) groups excluding carboxylic acids is 3. The topological polar surface area (TPSA) is 159 Å². The molecule has 1 unspecified atom stereocenters. The van der Waals surface area contributed by atoms with Crippen molar-refractivity contribution >= 4 is 35.0 Å². The van der Waals surface area contributed by atoms with Crippen molar-refractivity contribution < 1.29 is 38.8 Å². The van der Waals surface area contributed by atoms with Gasteiger partial charge in [-0.1, -0.05) is 23.8 Å². The van der Waals surface area contributed by atoms with Gasteiger partial charge in [-0.05, 0) is 93.0 Å². The summed E-state index contributed by atoms with van der Waals surface area (Å²) in [5.41, 5.74) is -1.25. The largest absolute Gasteiger partial charge is 0.848 e. The van der Waals surface area contributed by atoms with Crippen LogP contribution in [0.4, 0.5) is 20.2 Å². The van der Waals surface area contributed by atoms with Crippen molar-refractivity contribution in [1.82, 2.24) is 19.7 Å². The summed E-state index contributed by atoms with van der Waals surface area (Å²) >= 11 is 0. The number of fused-ring (bicyclic) bond motifs is 1. The molecule has 246 valence electrons. The molecule has 0 spiro atoms. The normalized spacial score (nSPS) is 12.9. The van der Waals surface area contributed by atoms with Crippen LogP contribution in [-0.2, 0) is 14.2 Å². The highest BCUT2D eigenvalue weighted by molar-refractivity contribution is 5.89. The Balaban J connectivity index is 1.92. The van der Waals surface area contributed by atoms with Crippen molar-refractivity contribution in [3.8, 4) is 5.82 Å². The van der Waals surface area contributed by atoms with Gasteiger partial charge >= 0.3 is 18.3 Å². The summed E-state index contributed by atoms with van der Waals surface area (Å²) < 4.78 is 18.2. The highest BCUT2D eigenvalue weighted by atomic mass is 16.6. The molecule has 0 aliphatic rings. The van der Waals surface area contributed by atoms with Gasteiger partial charge in [0, 0.05) is 24.7 Å². The Morgan fingerprint density at radius 2 is 1.40 bits per heavy atom. The van der Waals surface area contributed by atoms with Crippen molar-refractivity contribution in [3.63, 3.8) is 0 Å². The van der Waals surface area contributed by atoms with Gasteiger partial charge in [0.25, 0.3) is 0 Å². The molecule has 3 amide bonds. The van der Waals surface area contributed by atoms with Crippen molar-refractivity contribution in [2.45, 2.75) is 91.6 Å². The highest BCUT2D eigenvalue weighted by Gasteiger charge is 2.33. The van der Waals surface area contributed by atoms with E-state index in [0.29, 0.717) is 11.4 Å². The molecule has 0 bridgehead atoms. The van der Waals surface area contributed by atoms with E-state index >= 15 is 0 Å². The Morgan fingerprint density at radius 1 is 0.822 bits per heavy atom. The number of rotatable bonds is 8. The Bertz CT molecular complexity index is 1450. The van der Waals surface area contributed by atoms with Crippen LogP contribution in [-0.4, -0.2) is 79.6 Å². The second-order valence-electron chi connectivity index (χ2n) is 13.5. The lowest BCUT2D eigenvalue weighted by atomic mass is 10.1. The summed E-state index contributed by atoms with van der Waals surface area (Å²) in [5.74, 6) is 0.571. The minimum absolute atomic E-state index is 0.123. The van der Waals surface area contributed by atoms with Crippen LogP contribution in [0.2, 0.25) is 0 Å². The standard InChI is InChI=1S/C32H44N5O8/c1-30(2,3)43-27(40)36(17-18-37(28(41)44-31(4,5)6)29(42)45-32(7,8)9)26-13-12-25(33-34-26)35-16-14-21-20-22(10-11-23(21)35)24(39)15-19-38/h10-14,16,20,24,38H,15,17-19H2,1-9H3/q-1. The number of amides is 3. The van der Waals surface area contributed by atoms with E-state index in [1.807, 2.05) is 6.07 Å². The Labute approximate surface area is 263 Å². The minimum atomic E-state index is -1.03. The van der Waals surface area contributed by atoms with E-state index < -0.39 is 41.2 Å². The molecule has 2 heterocycles. The number of nitrogens with zero attached hydrogens (tertiary/aromatic N) is 5. The smallest absolute Gasteiger partial charge is 0.419 e. The molecular weight excluding hydrogens is 582 g/mol. The molecule has 0 fully saturated rings. The predicted octanol–water partition coefficient (Wildman–Crippen LogP) is 5.12. The van der Waals surface area contributed by atoms with Gasteiger partial charge in [-0.2, -0.15) is 0 Å². The molecule has 45 heavy (non-hydrogen) atoms. The van der Waals surface area contributed by atoms with Crippen LogP contribution >= 0.6 is 0 Å². The number of carbonyl (C=O) groups is 3. The number of hydrogen-bond acceptors (Lipinski definition) is 10. The van der Waals surface area contributed by atoms with Crippen molar-refractivity contribution in [2.75, 3.05) is 24.6 Å². The van der Waals surface area contributed by atoms with Gasteiger partial charge in [0.15, 0.2) is 11.6 Å². The molecule has 3 rings (SSSR count). The first-order valence-corrected chi connectivity index (χ1v) is 14.7. The van der Waals surface area contributed by atoms with Gasteiger partial charge in [-0.25, -0.2) is 19.3 Å². The number of aliphatic hydroxyl groups excluding tert-OH is 1. The summed E-state index contributed by atoms with van der Waals surface area (Å²) in [6, 6.07) is 10.4. The second kappa shape index (κ2) is 13.8. The molecular formula is C32H44N5O8-. The third-order valence-corrected chi connectivity index (χ3v) is 6.03. The molecule has 13 nitrogen and oxygen atoms in total. The van der Waals surface area contributed by atoms with Gasteiger partial charge in [-0.3, -0.25) is 9.47 Å². The number of benzene rings is 1. The summed E-state index contributed by atoms with van der Waals surface area (Å²) in [5, 5.41) is 30.8.